The summed E-state index contributed by atoms with van der Waals surface area (Å²) in [6.45, 7) is 3.71. The molecule has 0 spiro atoms. The van der Waals surface area contributed by atoms with E-state index in [1.165, 1.54) is 29.2 Å². The monoisotopic (exact) mass is 428 g/mol. The summed E-state index contributed by atoms with van der Waals surface area (Å²) in [7, 11) is -3.99. The highest BCUT2D eigenvalue weighted by atomic mass is 32.2. The number of anilines is 2. The summed E-state index contributed by atoms with van der Waals surface area (Å²) in [5.41, 5.74) is 0.940. The fraction of sp³-hybridized carbons (Fsp3) is 0.190. The van der Waals surface area contributed by atoms with Crippen molar-refractivity contribution in [1.82, 2.24) is 0 Å². The molecule has 0 bridgehead atoms. The van der Waals surface area contributed by atoms with E-state index < -0.39 is 33.0 Å². The topological polar surface area (TPSA) is 110 Å². The van der Waals surface area contributed by atoms with E-state index in [1.807, 2.05) is 0 Å². The van der Waals surface area contributed by atoms with Crippen LogP contribution in [0.3, 0.4) is 0 Å². The highest BCUT2D eigenvalue weighted by molar-refractivity contribution is 7.92. The lowest BCUT2D eigenvalue weighted by Crippen LogP contribution is -2.39. The third-order valence-electron chi connectivity index (χ3n) is 4.30. The van der Waals surface area contributed by atoms with Crippen LogP contribution < -0.4 is 15.0 Å². The highest BCUT2D eigenvalue weighted by Crippen LogP contribution is 2.33. The number of Topliss-reactive ketones (excluding diaryl/α,β-unsaturated/α-hetero) is 1. The van der Waals surface area contributed by atoms with Crippen LogP contribution in [0.25, 0.3) is 0 Å². The summed E-state index contributed by atoms with van der Waals surface area (Å²) in [5, 5.41) is 2.48. The minimum Gasteiger partial charge on any atom is -0.482 e. The number of ether oxygens (including phenoxy) is 1. The molecule has 2 amide bonds. The molecular formula is C21H20N2O6S. The summed E-state index contributed by atoms with van der Waals surface area (Å²) in [6, 6.07) is 12.8. The summed E-state index contributed by atoms with van der Waals surface area (Å²) >= 11 is 0. The van der Waals surface area contributed by atoms with E-state index in [0.717, 1.165) is 0 Å². The number of ketones is 1. The van der Waals surface area contributed by atoms with Gasteiger partial charge in [0.1, 0.15) is 17.3 Å². The Hall–Kier alpha value is -3.46. The molecule has 2 aromatic carbocycles. The van der Waals surface area contributed by atoms with E-state index in [0.29, 0.717) is 17.1 Å². The molecule has 0 aliphatic carbocycles. The number of benzene rings is 2. The number of hydrogen-bond acceptors (Lipinski definition) is 6. The van der Waals surface area contributed by atoms with E-state index in [1.54, 1.807) is 30.3 Å². The van der Waals surface area contributed by atoms with Crippen molar-refractivity contribution >= 4 is 38.8 Å². The lowest BCUT2D eigenvalue weighted by molar-refractivity contribution is -0.121. The molecule has 1 aliphatic rings. The van der Waals surface area contributed by atoms with E-state index in [2.05, 4.69) is 11.9 Å². The van der Waals surface area contributed by atoms with Crippen LogP contribution >= 0.6 is 0 Å². The highest BCUT2D eigenvalue weighted by Gasteiger charge is 2.27. The molecule has 1 heterocycles. The first kappa shape index (κ1) is 21.3. The van der Waals surface area contributed by atoms with Crippen molar-refractivity contribution in [3.8, 4) is 5.75 Å². The largest absolute Gasteiger partial charge is 0.482 e. The van der Waals surface area contributed by atoms with Crippen molar-refractivity contribution < 1.29 is 27.5 Å². The maximum Gasteiger partial charge on any atom is 0.265 e. The van der Waals surface area contributed by atoms with E-state index in [-0.39, 0.29) is 24.6 Å². The van der Waals surface area contributed by atoms with Gasteiger partial charge in [0, 0.05) is 17.8 Å². The second-order valence-corrected chi connectivity index (χ2v) is 8.70. The molecule has 0 radical (unpaired) electrons. The fourth-order valence-electron chi connectivity index (χ4n) is 2.96. The summed E-state index contributed by atoms with van der Waals surface area (Å²) in [6.07, 6.45) is 1.54. The SMILES string of the molecule is C=CCN1C(=O)COc2ccc(C(=O)CS(=O)(=O)CC(=O)Nc3ccccc3)cc21. The molecule has 0 unspecified atom stereocenters. The fourth-order valence-corrected chi connectivity index (χ4v) is 4.10. The number of nitrogens with zero attached hydrogens (tertiary/aromatic N) is 1. The molecule has 0 atom stereocenters. The molecule has 1 aliphatic heterocycles. The van der Waals surface area contributed by atoms with Crippen LogP contribution in [-0.2, 0) is 19.4 Å². The first-order valence-corrected chi connectivity index (χ1v) is 10.9. The van der Waals surface area contributed by atoms with Crippen LogP contribution in [0.4, 0.5) is 11.4 Å². The number of carbonyl (C=O) groups is 3. The Labute approximate surface area is 174 Å². The van der Waals surface area contributed by atoms with Crippen LogP contribution in [0.5, 0.6) is 5.75 Å². The number of rotatable bonds is 8. The van der Waals surface area contributed by atoms with Gasteiger partial charge in [0.15, 0.2) is 22.2 Å². The van der Waals surface area contributed by atoms with Crippen molar-refractivity contribution in [2.24, 2.45) is 0 Å². The molecule has 0 saturated heterocycles. The van der Waals surface area contributed by atoms with Gasteiger partial charge in [-0.1, -0.05) is 24.3 Å². The average molecular weight is 428 g/mol. The second-order valence-electron chi connectivity index (χ2n) is 6.63. The van der Waals surface area contributed by atoms with E-state index in [4.69, 9.17) is 4.74 Å². The van der Waals surface area contributed by atoms with Gasteiger partial charge in [-0.15, -0.1) is 6.58 Å². The van der Waals surface area contributed by atoms with Gasteiger partial charge in [-0.2, -0.15) is 0 Å². The van der Waals surface area contributed by atoms with Crippen molar-refractivity contribution in [3.63, 3.8) is 0 Å². The molecule has 1 N–H and O–H groups in total. The standard InChI is InChI=1S/C21H20N2O6S/c1-2-10-23-17-11-15(8-9-19(17)29-12-21(23)26)18(24)13-30(27,28)14-20(25)22-16-6-4-3-5-7-16/h2-9,11H,1,10,12-14H2,(H,22,25). The van der Waals surface area contributed by atoms with Gasteiger partial charge >= 0.3 is 0 Å². The van der Waals surface area contributed by atoms with Gasteiger partial charge in [0.25, 0.3) is 5.91 Å². The summed E-state index contributed by atoms with van der Waals surface area (Å²) in [4.78, 5) is 38.0. The van der Waals surface area contributed by atoms with Crippen molar-refractivity contribution in [2.75, 3.05) is 34.9 Å². The molecule has 0 fully saturated rings. The molecule has 9 heteroatoms. The van der Waals surface area contributed by atoms with Gasteiger partial charge in [0.2, 0.25) is 5.91 Å². The number of nitrogens with one attached hydrogen (secondary N) is 1. The van der Waals surface area contributed by atoms with Gasteiger partial charge < -0.3 is 15.0 Å². The Morgan fingerprint density at radius 2 is 1.87 bits per heavy atom. The summed E-state index contributed by atoms with van der Waals surface area (Å²) < 4.78 is 30.0. The molecule has 0 aromatic heterocycles. The van der Waals surface area contributed by atoms with Crippen molar-refractivity contribution in [3.05, 3.63) is 66.7 Å². The first-order valence-electron chi connectivity index (χ1n) is 9.06. The Morgan fingerprint density at radius 3 is 2.57 bits per heavy atom. The molecule has 2 aromatic rings. The minimum absolute atomic E-state index is 0.105. The normalized spacial score (nSPS) is 13.2. The van der Waals surface area contributed by atoms with Crippen LogP contribution in [0, 0.1) is 0 Å². The second kappa shape index (κ2) is 8.91. The van der Waals surface area contributed by atoms with E-state index >= 15 is 0 Å². The minimum atomic E-state index is -3.99. The van der Waals surface area contributed by atoms with Crippen LogP contribution in [0.15, 0.2) is 61.2 Å². The number of hydrogen-bond donors (Lipinski definition) is 1. The lowest BCUT2D eigenvalue weighted by atomic mass is 10.1. The van der Waals surface area contributed by atoms with Crippen LogP contribution in [0.1, 0.15) is 10.4 Å². The van der Waals surface area contributed by atoms with Crippen LogP contribution in [-0.4, -0.2) is 50.7 Å². The number of para-hydroxylation sites is 1. The predicted octanol–water partition coefficient (Wildman–Crippen LogP) is 1.83. The zero-order valence-corrected chi connectivity index (χ0v) is 16.9. The lowest BCUT2D eigenvalue weighted by Gasteiger charge is -2.28. The predicted molar refractivity (Wildman–Crippen MR) is 113 cm³/mol. The smallest absolute Gasteiger partial charge is 0.265 e. The zero-order chi connectivity index (χ0) is 21.7. The number of fused-ring (bicyclic) bond motifs is 1. The Kier molecular flexibility index (Phi) is 6.31. The number of amides is 2. The maximum absolute atomic E-state index is 12.6. The molecule has 3 rings (SSSR count). The first-order chi connectivity index (χ1) is 14.3. The molecule has 156 valence electrons. The van der Waals surface area contributed by atoms with Gasteiger partial charge in [-0.05, 0) is 30.3 Å². The third-order valence-corrected chi connectivity index (χ3v) is 5.70. The third kappa shape index (κ3) is 5.12. The van der Waals surface area contributed by atoms with Gasteiger partial charge in [0.05, 0.1) is 5.69 Å². The van der Waals surface area contributed by atoms with Crippen molar-refractivity contribution in [2.45, 2.75) is 0 Å². The van der Waals surface area contributed by atoms with E-state index in [9.17, 15) is 22.8 Å². The van der Waals surface area contributed by atoms with Crippen LogP contribution in [0.2, 0.25) is 0 Å². The molecular weight excluding hydrogens is 408 g/mol. The quantitative estimate of drug-likeness (QED) is 0.507. The Morgan fingerprint density at radius 1 is 1.13 bits per heavy atom. The number of sulfone groups is 1. The Bertz CT molecular complexity index is 1100. The molecule has 30 heavy (non-hydrogen) atoms. The maximum atomic E-state index is 12.6. The Balaban J connectivity index is 1.71. The molecule has 0 saturated carbocycles. The zero-order valence-electron chi connectivity index (χ0n) is 16.0. The number of carbonyl (C=O) groups excluding carboxylic acids is 3. The van der Waals surface area contributed by atoms with Crippen molar-refractivity contribution in [1.29, 1.82) is 0 Å². The molecule has 8 nitrogen and oxygen atoms in total. The average Bonchev–Trinajstić information content (AvgIpc) is 2.69. The van der Waals surface area contributed by atoms with Gasteiger partial charge in [-0.25, -0.2) is 8.42 Å². The van der Waals surface area contributed by atoms with Gasteiger partial charge in [-0.3, -0.25) is 14.4 Å². The summed E-state index contributed by atoms with van der Waals surface area (Å²) in [5.74, 6) is -2.93.